The number of nitrogens with zero attached hydrogens (tertiary/aromatic N) is 5. The molecule has 0 atom stereocenters. The predicted octanol–water partition coefficient (Wildman–Crippen LogP) is 6.14. The van der Waals surface area contributed by atoms with Crippen molar-refractivity contribution in [2.75, 3.05) is 42.5 Å². The Kier molecular flexibility index (Phi) is 11.2. The molecular formula is C37H38N8. The minimum atomic E-state index is 0.444. The molecular weight excluding hydrogens is 556 g/mol. The number of nitrogens with one attached hydrogen (secondary N) is 1. The van der Waals surface area contributed by atoms with Crippen LogP contribution < -0.4 is 21.7 Å². The summed E-state index contributed by atoms with van der Waals surface area (Å²) in [7, 11) is 0. The van der Waals surface area contributed by atoms with E-state index in [1.807, 2.05) is 91.0 Å². The standard InChI is InChI=1S/C17H15N3.C10H9N3.C10H14N2/c18-16-12-15(11-13-7-3-1-4-8-13)17(20-19-16)14-9-5-2-6-10-14;11-10-7-6-9(12-13-10)8-4-2-1-3-5-8;1-2-4-10(5-3-1)12-8-6-11-7-9-12/h1-10,12H,11H2,(H2,18,19);1-7H,(H2,11,13);1-5,11H,6-9H2. The van der Waals surface area contributed by atoms with Crippen LogP contribution in [0.3, 0.4) is 0 Å². The molecule has 1 saturated heterocycles. The van der Waals surface area contributed by atoms with Crippen molar-refractivity contribution < 1.29 is 0 Å². The van der Waals surface area contributed by atoms with E-state index in [9.17, 15) is 0 Å². The van der Waals surface area contributed by atoms with Gasteiger partial charge in [0.05, 0.1) is 11.4 Å². The monoisotopic (exact) mass is 594 g/mol. The van der Waals surface area contributed by atoms with Gasteiger partial charge in [0.15, 0.2) is 0 Å². The van der Waals surface area contributed by atoms with Gasteiger partial charge in [-0.3, -0.25) is 0 Å². The molecule has 0 bridgehead atoms. The molecule has 0 radical (unpaired) electrons. The molecule has 0 aliphatic carbocycles. The SMILES string of the molecule is Nc1cc(Cc2ccccc2)c(-c2ccccc2)nn1.Nc1ccc(-c2ccccc2)nn1.c1ccc(N2CCNCC2)cc1. The highest BCUT2D eigenvalue weighted by Crippen LogP contribution is 2.24. The summed E-state index contributed by atoms with van der Waals surface area (Å²) in [6.45, 7) is 4.47. The summed E-state index contributed by atoms with van der Waals surface area (Å²) in [5.74, 6) is 0.898. The molecule has 3 heterocycles. The molecule has 1 aliphatic heterocycles. The first-order valence-electron chi connectivity index (χ1n) is 15.0. The number of hydrogen-bond acceptors (Lipinski definition) is 8. The molecule has 8 heteroatoms. The highest BCUT2D eigenvalue weighted by Gasteiger charge is 2.10. The summed E-state index contributed by atoms with van der Waals surface area (Å²) in [4.78, 5) is 2.41. The van der Waals surface area contributed by atoms with Crippen molar-refractivity contribution in [2.45, 2.75) is 6.42 Å². The Bertz CT molecular complexity index is 1690. The van der Waals surface area contributed by atoms with Crippen molar-refractivity contribution in [3.8, 4) is 22.5 Å². The van der Waals surface area contributed by atoms with Crippen LogP contribution in [0.5, 0.6) is 0 Å². The summed E-state index contributed by atoms with van der Waals surface area (Å²) < 4.78 is 0. The second-order valence-electron chi connectivity index (χ2n) is 10.5. The van der Waals surface area contributed by atoms with E-state index in [0.717, 1.165) is 60.7 Å². The second kappa shape index (κ2) is 16.3. The van der Waals surface area contributed by atoms with Crippen LogP contribution in [0, 0.1) is 0 Å². The topological polar surface area (TPSA) is 119 Å². The van der Waals surface area contributed by atoms with Crippen LogP contribution in [-0.2, 0) is 6.42 Å². The number of nitrogen functional groups attached to an aromatic ring is 2. The average molecular weight is 595 g/mol. The van der Waals surface area contributed by atoms with Gasteiger partial charge in [0.1, 0.15) is 11.6 Å². The number of rotatable bonds is 5. The van der Waals surface area contributed by atoms with Gasteiger partial charge in [0, 0.05) is 43.0 Å². The molecule has 1 aliphatic rings. The Morgan fingerprint density at radius 2 is 1.11 bits per heavy atom. The van der Waals surface area contributed by atoms with E-state index < -0.39 is 0 Å². The quantitative estimate of drug-likeness (QED) is 0.218. The first-order chi connectivity index (χ1) is 22.2. The van der Waals surface area contributed by atoms with Gasteiger partial charge >= 0.3 is 0 Å². The lowest BCUT2D eigenvalue weighted by Gasteiger charge is -2.29. The fourth-order valence-electron chi connectivity index (χ4n) is 4.90. The van der Waals surface area contributed by atoms with E-state index in [1.165, 1.54) is 11.3 Å². The Hall–Kier alpha value is -5.60. The van der Waals surface area contributed by atoms with E-state index in [-0.39, 0.29) is 0 Å². The molecule has 1 fully saturated rings. The first-order valence-corrected chi connectivity index (χ1v) is 15.0. The van der Waals surface area contributed by atoms with Crippen molar-refractivity contribution in [1.29, 1.82) is 0 Å². The largest absolute Gasteiger partial charge is 0.382 e. The van der Waals surface area contributed by atoms with Crippen LogP contribution >= 0.6 is 0 Å². The summed E-state index contributed by atoms with van der Waals surface area (Å²) >= 11 is 0. The molecule has 0 unspecified atom stereocenters. The van der Waals surface area contributed by atoms with E-state index in [2.05, 4.69) is 73.1 Å². The number of benzene rings is 4. The van der Waals surface area contributed by atoms with E-state index >= 15 is 0 Å². The van der Waals surface area contributed by atoms with Crippen molar-refractivity contribution in [3.63, 3.8) is 0 Å². The third kappa shape index (κ3) is 9.44. The molecule has 45 heavy (non-hydrogen) atoms. The average Bonchev–Trinajstić information content (AvgIpc) is 3.11. The lowest BCUT2D eigenvalue weighted by molar-refractivity contribution is 0.589. The Morgan fingerprint density at radius 3 is 1.71 bits per heavy atom. The number of anilines is 3. The fourth-order valence-corrected chi connectivity index (χ4v) is 4.90. The fraction of sp³-hybridized carbons (Fsp3) is 0.135. The predicted molar refractivity (Wildman–Crippen MR) is 185 cm³/mol. The molecule has 4 aromatic carbocycles. The summed E-state index contributed by atoms with van der Waals surface area (Å²) in [5, 5.41) is 19.4. The maximum absolute atomic E-state index is 5.79. The third-order valence-corrected chi connectivity index (χ3v) is 7.17. The molecule has 226 valence electrons. The highest BCUT2D eigenvalue weighted by molar-refractivity contribution is 5.64. The first kappa shape index (κ1) is 30.8. The van der Waals surface area contributed by atoms with Gasteiger partial charge in [0.25, 0.3) is 0 Å². The van der Waals surface area contributed by atoms with Gasteiger partial charge in [0.2, 0.25) is 0 Å². The molecule has 5 N–H and O–H groups in total. The summed E-state index contributed by atoms with van der Waals surface area (Å²) in [6.07, 6.45) is 0.796. The van der Waals surface area contributed by atoms with Crippen LogP contribution in [0.15, 0.2) is 140 Å². The number of para-hydroxylation sites is 1. The van der Waals surface area contributed by atoms with Gasteiger partial charge in [-0.25, -0.2) is 0 Å². The van der Waals surface area contributed by atoms with Gasteiger partial charge < -0.3 is 21.7 Å². The zero-order valence-electron chi connectivity index (χ0n) is 25.2. The molecule has 2 aromatic heterocycles. The van der Waals surface area contributed by atoms with Crippen LogP contribution in [-0.4, -0.2) is 46.6 Å². The molecule has 0 amide bonds. The van der Waals surface area contributed by atoms with Crippen LogP contribution in [0.4, 0.5) is 17.3 Å². The van der Waals surface area contributed by atoms with Gasteiger partial charge in [-0.15, -0.1) is 20.4 Å². The number of hydrogen-bond donors (Lipinski definition) is 3. The van der Waals surface area contributed by atoms with Crippen molar-refractivity contribution in [2.24, 2.45) is 0 Å². The maximum atomic E-state index is 5.79. The van der Waals surface area contributed by atoms with Crippen molar-refractivity contribution >= 4 is 17.3 Å². The van der Waals surface area contributed by atoms with Crippen LogP contribution in [0.1, 0.15) is 11.1 Å². The number of nitrogens with two attached hydrogens (primary N) is 2. The maximum Gasteiger partial charge on any atom is 0.146 e. The van der Waals surface area contributed by atoms with E-state index in [1.54, 1.807) is 6.07 Å². The van der Waals surface area contributed by atoms with E-state index in [4.69, 9.17) is 11.5 Å². The number of aromatic nitrogens is 4. The van der Waals surface area contributed by atoms with Gasteiger partial charge in [-0.2, -0.15) is 0 Å². The zero-order valence-corrected chi connectivity index (χ0v) is 25.2. The Balaban J connectivity index is 0.000000140. The zero-order chi connectivity index (χ0) is 31.1. The molecule has 8 nitrogen and oxygen atoms in total. The van der Waals surface area contributed by atoms with Crippen LogP contribution in [0.25, 0.3) is 22.5 Å². The molecule has 0 spiro atoms. The minimum Gasteiger partial charge on any atom is -0.382 e. The molecule has 0 saturated carbocycles. The van der Waals surface area contributed by atoms with Gasteiger partial charge in [-0.1, -0.05) is 109 Å². The normalized spacial score (nSPS) is 12.2. The second-order valence-corrected chi connectivity index (χ2v) is 10.5. The third-order valence-electron chi connectivity index (χ3n) is 7.17. The van der Waals surface area contributed by atoms with Gasteiger partial charge in [-0.05, 0) is 47.9 Å². The summed E-state index contributed by atoms with van der Waals surface area (Å²) in [6, 6.07) is 46.3. The summed E-state index contributed by atoms with van der Waals surface area (Å²) in [5.41, 5.74) is 18.7. The molecule has 6 aromatic rings. The van der Waals surface area contributed by atoms with Crippen molar-refractivity contribution in [3.05, 3.63) is 151 Å². The molecule has 7 rings (SSSR count). The van der Waals surface area contributed by atoms with E-state index in [0.29, 0.717) is 11.6 Å². The Morgan fingerprint density at radius 1 is 0.556 bits per heavy atom. The lowest BCUT2D eigenvalue weighted by Crippen LogP contribution is -2.43. The smallest absolute Gasteiger partial charge is 0.146 e. The number of piperazine rings is 1. The highest BCUT2D eigenvalue weighted by atomic mass is 15.2. The van der Waals surface area contributed by atoms with Crippen molar-refractivity contribution in [1.82, 2.24) is 25.7 Å². The minimum absolute atomic E-state index is 0.444. The lowest BCUT2D eigenvalue weighted by atomic mass is 10.00. The Labute approximate surface area is 264 Å². The van der Waals surface area contributed by atoms with Crippen LogP contribution in [0.2, 0.25) is 0 Å².